The molecule has 1 heterocycles. The molecule has 3 atom stereocenters. The van der Waals surface area contributed by atoms with Gasteiger partial charge in [-0.3, -0.25) is 14.4 Å². The molecule has 13 heavy (non-hydrogen) atoms. The van der Waals surface area contributed by atoms with Crippen LogP contribution in [0.5, 0.6) is 0 Å². The molecule has 1 aliphatic carbocycles. The number of carboxylic acid groups (broad SMARTS) is 1. The molecule has 0 aromatic heterocycles. The molecule has 2 rings (SSSR count). The summed E-state index contributed by atoms with van der Waals surface area (Å²) in [7, 11) is 0. The van der Waals surface area contributed by atoms with Crippen molar-refractivity contribution >= 4 is 11.9 Å². The lowest BCUT2D eigenvalue weighted by Gasteiger charge is -2.22. The Morgan fingerprint density at radius 3 is 3.08 bits per heavy atom. The summed E-state index contributed by atoms with van der Waals surface area (Å²) in [5.74, 6) is -2.31. The zero-order valence-electron chi connectivity index (χ0n) is 6.82. The standard InChI is InChI=1S/C7H10N2O4/c8-7(6(11)12)2-1-3-4(7)5(10)9-13-3/h3-4H,1-2,8H2,(H,9,10)(H,11,12)/t3-,4+,7+/m0/s1. The predicted molar refractivity (Wildman–Crippen MR) is 40.3 cm³/mol. The molecule has 0 bridgehead atoms. The first-order chi connectivity index (χ1) is 6.05. The molecule has 0 aromatic rings. The molecular formula is C7H10N2O4. The Morgan fingerprint density at radius 1 is 1.77 bits per heavy atom. The normalized spacial score (nSPS) is 43.0. The summed E-state index contributed by atoms with van der Waals surface area (Å²) in [5.41, 5.74) is 6.33. The SMILES string of the molecule is N[C@]1(C(=O)O)CC[C@@H]2ONC(=O)[C@@H]21. The van der Waals surface area contributed by atoms with Gasteiger partial charge in [0.05, 0.1) is 12.0 Å². The van der Waals surface area contributed by atoms with Gasteiger partial charge in [0.15, 0.2) is 0 Å². The van der Waals surface area contributed by atoms with Gasteiger partial charge in [-0.25, -0.2) is 5.48 Å². The second-order valence-electron chi connectivity index (χ2n) is 3.48. The van der Waals surface area contributed by atoms with Crippen LogP contribution in [0.2, 0.25) is 0 Å². The maximum absolute atomic E-state index is 11.2. The first kappa shape index (κ1) is 8.46. The third-order valence-corrected chi connectivity index (χ3v) is 2.76. The average molecular weight is 186 g/mol. The number of nitrogens with two attached hydrogens (primary N) is 1. The molecule has 1 saturated carbocycles. The minimum Gasteiger partial charge on any atom is -0.480 e. The number of hydrogen-bond acceptors (Lipinski definition) is 4. The predicted octanol–water partition coefficient (Wildman–Crippen LogP) is -1.39. The van der Waals surface area contributed by atoms with Crippen molar-refractivity contribution in [2.75, 3.05) is 0 Å². The van der Waals surface area contributed by atoms with Gasteiger partial charge in [-0.1, -0.05) is 0 Å². The van der Waals surface area contributed by atoms with Gasteiger partial charge < -0.3 is 10.8 Å². The summed E-state index contributed by atoms with van der Waals surface area (Å²) >= 11 is 0. The third kappa shape index (κ3) is 0.956. The van der Waals surface area contributed by atoms with Crippen LogP contribution in [-0.2, 0) is 14.4 Å². The Labute approximate surface area is 74.0 Å². The summed E-state index contributed by atoms with van der Waals surface area (Å²) in [5, 5.41) is 8.88. The Bertz CT molecular complexity index is 280. The number of aliphatic carboxylic acids is 1. The highest BCUT2D eigenvalue weighted by Crippen LogP contribution is 2.38. The van der Waals surface area contributed by atoms with Crippen LogP contribution >= 0.6 is 0 Å². The Morgan fingerprint density at radius 2 is 2.46 bits per heavy atom. The van der Waals surface area contributed by atoms with E-state index in [0.717, 1.165) is 0 Å². The number of hydroxylamine groups is 1. The van der Waals surface area contributed by atoms with E-state index in [2.05, 4.69) is 5.48 Å². The van der Waals surface area contributed by atoms with Crippen molar-refractivity contribution in [2.24, 2.45) is 11.7 Å². The summed E-state index contributed by atoms with van der Waals surface area (Å²) in [6.45, 7) is 0. The van der Waals surface area contributed by atoms with Crippen molar-refractivity contribution in [3.8, 4) is 0 Å². The second-order valence-corrected chi connectivity index (χ2v) is 3.48. The Kier molecular flexibility index (Phi) is 1.58. The molecule has 2 aliphatic rings. The fourth-order valence-corrected chi connectivity index (χ4v) is 2.00. The van der Waals surface area contributed by atoms with Gasteiger partial charge in [0.1, 0.15) is 5.54 Å². The number of fused-ring (bicyclic) bond motifs is 1. The monoisotopic (exact) mass is 186 g/mol. The summed E-state index contributed by atoms with van der Waals surface area (Å²) < 4.78 is 0. The fraction of sp³-hybridized carbons (Fsp3) is 0.714. The van der Waals surface area contributed by atoms with E-state index in [1.165, 1.54) is 0 Å². The number of amides is 1. The smallest absolute Gasteiger partial charge is 0.324 e. The maximum Gasteiger partial charge on any atom is 0.324 e. The third-order valence-electron chi connectivity index (χ3n) is 2.76. The van der Waals surface area contributed by atoms with Gasteiger partial charge in [-0.2, -0.15) is 0 Å². The van der Waals surface area contributed by atoms with E-state index in [9.17, 15) is 9.59 Å². The minimum atomic E-state index is -1.45. The molecule has 4 N–H and O–H groups in total. The number of nitrogens with one attached hydrogen (secondary N) is 1. The van der Waals surface area contributed by atoms with Crippen molar-refractivity contribution in [3.05, 3.63) is 0 Å². The van der Waals surface area contributed by atoms with Gasteiger partial charge in [0.25, 0.3) is 5.91 Å². The molecule has 0 aromatic carbocycles. The largest absolute Gasteiger partial charge is 0.480 e. The quantitative estimate of drug-likeness (QED) is 0.468. The van der Waals surface area contributed by atoms with Crippen LogP contribution < -0.4 is 11.2 Å². The van der Waals surface area contributed by atoms with E-state index in [1.807, 2.05) is 0 Å². The van der Waals surface area contributed by atoms with Gasteiger partial charge >= 0.3 is 5.97 Å². The summed E-state index contributed by atoms with van der Waals surface area (Å²) in [6, 6.07) is 0. The molecule has 0 spiro atoms. The zero-order valence-corrected chi connectivity index (χ0v) is 6.82. The molecule has 2 fully saturated rings. The van der Waals surface area contributed by atoms with Crippen LogP contribution in [0, 0.1) is 5.92 Å². The zero-order chi connectivity index (χ0) is 9.64. The molecule has 1 aliphatic heterocycles. The second kappa shape index (κ2) is 2.43. The van der Waals surface area contributed by atoms with Gasteiger partial charge in [0.2, 0.25) is 0 Å². The molecule has 72 valence electrons. The highest BCUT2D eigenvalue weighted by atomic mass is 16.7. The molecule has 6 heteroatoms. The minimum absolute atomic E-state index is 0.283. The topological polar surface area (TPSA) is 102 Å². The molecule has 6 nitrogen and oxygen atoms in total. The lowest BCUT2D eigenvalue weighted by Crippen LogP contribution is -2.54. The highest BCUT2D eigenvalue weighted by Gasteiger charge is 2.58. The molecule has 1 amide bonds. The van der Waals surface area contributed by atoms with E-state index in [0.29, 0.717) is 6.42 Å². The van der Waals surface area contributed by atoms with E-state index < -0.39 is 23.3 Å². The van der Waals surface area contributed by atoms with E-state index in [4.69, 9.17) is 15.7 Å². The van der Waals surface area contributed by atoms with Gasteiger partial charge in [-0.15, -0.1) is 0 Å². The first-order valence-electron chi connectivity index (χ1n) is 4.03. The molecule has 0 unspecified atom stereocenters. The lowest BCUT2D eigenvalue weighted by molar-refractivity contribution is -0.147. The van der Waals surface area contributed by atoms with Crippen LogP contribution in [0.25, 0.3) is 0 Å². The van der Waals surface area contributed by atoms with Crippen molar-refractivity contribution < 1.29 is 19.5 Å². The average Bonchev–Trinajstić information content (AvgIpc) is 2.57. The number of hydrogen-bond donors (Lipinski definition) is 3. The molecule has 0 radical (unpaired) electrons. The Balaban J connectivity index is 2.33. The number of rotatable bonds is 1. The summed E-state index contributed by atoms with van der Waals surface area (Å²) in [6.07, 6.45) is 0.408. The summed E-state index contributed by atoms with van der Waals surface area (Å²) in [4.78, 5) is 26.9. The Hall–Kier alpha value is -1.14. The maximum atomic E-state index is 11.2. The van der Waals surface area contributed by atoms with E-state index in [-0.39, 0.29) is 12.5 Å². The molecule has 1 saturated heterocycles. The van der Waals surface area contributed by atoms with Crippen LogP contribution in [-0.4, -0.2) is 28.6 Å². The van der Waals surface area contributed by atoms with E-state index >= 15 is 0 Å². The highest BCUT2D eigenvalue weighted by molar-refractivity contribution is 5.91. The lowest BCUT2D eigenvalue weighted by atomic mass is 9.87. The number of carbonyl (C=O) groups excluding carboxylic acids is 1. The molecular weight excluding hydrogens is 176 g/mol. The van der Waals surface area contributed by atoms with Crippen molar-refractivity contribution in [2.45, 2.75) is 24.5 Å². The van der Waals surface area contributed by atoms with Crippen molar-refractivity contribution in [3.63, 3.8) is 0 Å². The van der Waals surface area contributed by atoms with Crippen LogP contribution in [0.3, 0.4) is 0 Å². The van der Waals surface area contributed by atoms with Crippen LogP contribution in [0.15, 0.2) is 0 Å². The fourth-order valence-electron chi connectivity index (χ4n) is 2.00. The van der Waals surface area contributed by atoms with Crippen LogP contribution in [0.1, 0.15) is 12.8 Å². The van der Waals surface area contributed by atoms with Crippen molar-refractivity contribution in [1.29, 1.82) is 0 Å². The number of carboxylic acids is 1. The van der Waals surface area contributed by atoms with Gasteiger partial charge in [-0.05, 0) is 12.8 Å². The number of carbonyl (C=O) groups is 2. The van der Waals surface area contributed by atoms with Crippen molar-refractivity contribution in [1.82, 2.24) is 5.48 Å². The van der Waals surface area contributed by atoms with Gasteiger partial charge in [0, 0.05) is 0 Å². The van der Waals surface area contributed by atoms with Crippen LogP contribution in [0.4, 0.5) is 0 Å². The van der Waals surface area contributed by atoms with E-state index in [1.54, 1.807) is 0 Å². The first-order valence-corrected chi connectivity index (χ1v) is 4.03.